The number of hydrogen-bond donors (Lipinski definition) is 0. The molecule has 2 nitrogen and oxygen atoms in total. The maximum atomic E-state index is 10.6. The van der Waals surface area contributed by atoms with Gasteiger partial charge in [0.2, 0.25) is 0 Å². The van der Waals surface area contributed by atoms with Gasteiger partial charge in [0.05, 0.1) is 6.61 Å². The summed E-state index contributed by atoms with van der Waals surface area (Å²) in [4.78, 5) is 10.6. The van der Waals surface area contributed by atoms with Crippen molar-refractivity contribution in [2.45, 2.75) is 47.0 Å². The SMILES string of the molecule is CC(=O)OCCC1CCC(C)C1(C)C. The number of hydrogen-bond acceptors (Lipinski definition) is 2. The van der Waals surface area contributed by atoms with Crippen molar-refractivity contribution in [1.82, 2.24) is 0 Å². The molecule has 1 aliphatic rings. The highest BCUT2D eigenvalue weighted by atomic mass is 16.5. The largest absolute Gasteiger partial charge is 0.466 e. The van der Waals surface area contributed by atoms with E-state index in [4.69, 9.17) is 4.74 Å². The summed E-state index contributed by atoms with van der Waals surface area (Å²) < 4.78 is 4.99. The van der Waals surface area contributed by atoms with Crippen molar-refractivity contribution in [3.8, 4) is 0 Å². The van der Waals surface area contributed by atoms with Gasteiger partial charge in [-0.3, -0.25) is 4.79 Å². The molecule has 0 aliphatic heterocycles. The normalized spacial score (nSPS) is 30.3. The molecule has 0 amide bonds. The van der Waals surface area contributed by atoms with Crippen LogP contribution in [0.25, 0.3) is 0 Å². The van der Waals surface area contributed by atoms with Gasteiger partial charge in [0.15, 0.2) is 0 Å². The molecule has 1 aliphatic carbocycles. The summed E-state index contributed by atoms with van der Waals surface area (Å²) in [7, 11) is 0. The van der Waals surface area contributed by atoms with E-state index in [1.165, 1.54) is 19.8 Å². The Morgan fingerprint density at radius 1 is 1.43 bits per heavy atom. The van der Waals surface area contributed by atoms with Gasteiger partial charge in [-0.25, -0.2) is 0 Å². The third kappa shape index (κ3) is 2.49. The molecule has 0 radical (unpaired) electrons. The second-order valence-corrected chi connectivity index (χ2v) is 5.13. The van der Waals surface area contributed by atoms with Crippen molar-refractivity contribution in [3.05, 3.63) is 0 Å². The summed E-state index contributed by atoms with van der Waals surface area (Å²) in [6, 6.07) is 0. The van der Waals surface area contributed by atoms with E-state index >= 15 is 0 Å². The minimum atomic E-state index is -0.158. The van der Waals surface area contributed by atoms with Gasteiger partial charge in [-0.1, -0.05) is 20.8 Å². The Kier molecular flexibility index (Phi) is 3.57. The molecule has 0 heterocycles. The van der Waals surface area contributed by atoms with Crippen molar-refractivity contribution in [3.63, 3.8) is 0 Å². The molecule has 1 saturated carbocycles. The van der Waals surface area contributed by atoms with E-state index < -0.39 is 0 Å². The van der Waals surface area contributed by atoms with Crippen molar-refractivity contribution >= 4 is 5.97 Å². The summed E-state index contributed by atoms with van der Waals surface area (Å²) in [5, 5.41) is 0. The Balaban J connectivity index is 2.35. The van der Waals surface area contributed by atoms with E-state index in [-0.39, 0.29) is 5.97 Å². The average Bonchev–Trinajstić information content (AvgIpc) is 2.30. The smallest absolute Gasteiger partial charge is 0.302 e. The lowest BCUT2D eigenvalue weighted by molar-refractivity contribution is -0.141. The summed E-state index contributed by atoms with van der Waals surface area (Å²) in [6.45, 7) is 9.07. The average molecular weight is 198 g/mol. The maximum absolute atomic E-state index is 10.6. The van der Waals surface area contributed by atoms with Gasteiger partial charge in [0.1, 0.15) is 0 Å². The number of carbonyl (C=O) groups is 1. The maximum Gasteiger partial charge on any atom is 0.302 e. The Bertz CT molecular complexity index is 208. The molecular formula is C12H22O2. The first-order valence-electron chi connectivity index (χ1n) is 5.58. The van der Waals surface area contributed by atoms with Crippen LogP contribution in [0, 0.1) is 17.3 Å². The van der Waals surface area contributed by atoms with E-state index in [9.17, 15) is 4.79 Å². The van der Waals surface area contributed by atoms with Gasteiger partial charge in [-0.05, 0) is 36.5 Å². The molecule has 14 heavy (non-hydrogen) atoms. The van der Waals surface area contributed by atoms with Crippen LogP contribution in [0.5, 0.6) is 0 Å². The minimum Gasteiger partial charge on any atom is -0.466 e. The Labute approximate surface area is 87.0 Å². The van der Waals surface area contributed by atoms with Gasteiger partial charge in [0.25, 0.3) is 0 Å². The molecule has 1 rings (SSSR count). The molecule has 82 valence electrons. The zero-order valence-corrected chi connectivity index (χ0v) is 9.80. The van der Waals surface area contributed by atoms with Crippen LogP contribution in [-0.2, 0) is 9.53 Å². The Hall–Kier alpha value is -0.530. The summed E-state index contributed by atoms with van der Waals surface area (Å²) in [5.74, 6) is 1.36. The molecule has 0 aromatic heterocycles. The first-order valence-corrected chi connectivity index (χ1v) is 5.58. The molecule has 0 aromatic carbocycles. The summed E-state index contributed by atoms with van der Waals surface area (Å²) in [6.07, 6.45) is 3.63. The van der Waals surface area contributed by atoms with Crippen LogP contribution in [0.4, 0.5) is 0 Å². The molecule has 0 spiro atoms. The fourth-order valence-electron chi connectivity index (χ4n) is 2.46. The lowest BCUT2D eigenvalue weighted by Crippen LogP contribution is -2.24. The summed E-state index contributed by atoms with van der Waals surface area (Å²) >= 11 is 0. The van der Waals surface area contributed by atoms with Crippen LogP contribution in [0.1, 0.15) is 47.0 Å². The lowest BCUT2D eigenvalue weighted by atomic mass is 9.75. The zero-order chi connectivity index (χ0) is 10.8. The summed E-state index contributed by atoms with van der Waals surface area (Å²) in [5.41, 5.74) is 0.417. The van der Waals surface area contributed by atoms with Crippen LogP contribution in [-0.4, -0.2) is 12.6 Å². The molecule has 0 bridgehead atoms. The second kappa shape index (κ2) is 4.33. The molecule has 2 heteroatoms. The van der Waals surface area contributed by atoms with E-state index in [1.54, 1.807) is 0 Å². The first kappa shape index (κ1) is 11.5. The lowest BCUT2D eigenvalue weighted by Gasteiger charge is -2.31. The highest BCUT2D eigenvalue weighted by Crippen LogP contribution is 2.48. The number of rotatable bonds is 3. The van der Waals surface area contributed by atoms with Gasteiger partial charge < -0.3 is 4.74 Å². The van der Waals surface area contributed by atoms with Crippen LogP contribution >= 0.6 is 0 Å². The van der Waals surface area contributed by atoms with Gasteiger partial charge in [-0.15, -0.1) is 0 Å². The number of ether oxygens (including phenoxy) is 1. The van der Waals surface area contributed by atoms with Crippen molar-refractivity contribution in [2.75, 3.05) is 6.61 Å². The van der Waals surface area contributed by atoms with Gasteiger partial charge in [0, 0.05) is 6.92 Å². The highest BCUT2D eigenvalue weighted by molar-refractivity contribution is 5.65. The standard InChI is InChI=1S/C12H22O2/c1-9-5-6-11(12(9,3)4)7-8-14-10(2)13/h9,11H,5-8H2,1-4H3. The third-order valence-electron chi connectivity index (χ3n) is 4.04. The Morgan fingerprint density at radius 2 is 2.07 bits per heavy atom. The quantitative estimate of drug-likeness (QED) is 0.652. The van der Waals surface area contributed by atoms with E-state index in [0.717, 1.165) is 18.3 Å². The topological polar surface area (TPSA) is 26.3 Å². The Morgan fingerprint density at radius 3 is 2.50 bits per heavy atom. The van der Waals surface area contributed by atoms with Gasteiger partial charge in [-0.2, -0.15) is 0 Å². The fraction of sp³-hybridized carbons (Fsp3) is 0.917. The number of carbonyl (C=O) groups excluding carboxylic acids is 1. The molecule has 1 fully saturated rings. The van der Waals surface area contributed by atoms with Crippen LogP contribution < -0.4 is 0 Å². The van der Waals surface area contributed by atoms with E-state index in [0.29, 0.717) is 12.0 Å². The van der Waals surface area contributed by atoms with Crippen molar-refractivity contribution in [1.29, 1.82) is 0 Å². The predicted octanol–water partition coefficient (Wildman–Crippen LogP) is 3.01. The zero-order valence-electron chi connectivity index (χ0n) is 9.80. The number of esters is 1. The first-order chi connectivity index (χ1) is 6.44. The second-order valence-electron chi connectivity index (χ2n) is 5.13. The molecule has 0 N–H and O–H groups in total. The predicted molar refractivity (Wildman–Crippen MR) is 56.9 cm³/mol. The molecular weight excluding hydrogens is 176 g/mol. The monoisotopic (exact) mass is 198 g/mol. The molecule has 0 saturated heterocycles. The van der Waals surface area contributed by atoms with E-state index in [2.05, 4.69) is 20.8 Å². The molecule has 0 aromatic rings. The molecule has 2 unspecified atom stereocenters. The van der Waals surface area contributed by atoms with Crippen molar-refractivity contribution in [2.24, 2.45) is 17.3 Å². The van der Waals surface area contributed by atoms with Crippen molar-refractivity contribution < 1.29 is 9.53 Å². The fourth-order valence-corrected chi connectivity index (χ4v) is 2.46. The van der Waals surface area contributed by atoms with E-state index in [1.807, 2.05) is 0 Å². The molecule has 2 atom stereocenters. The van der Waals surface area contributed by atoms with Crippen LogP contribution in [0.15, 0.2) is 0 Å². The van der Waals surface area contributed by atoms with Crippen LogP contribution in [0.3, 0.4) is 0 Å². The van der Waals surface area contributed by atoms with Crippen LogP contribution in [0.2, 0.25) is 0 Å². The minimum absolute atomic E-state index is 0.158. The van der Waals surface area contributed by atoms with Gasteiger partial charge >= 0.3 is 5.97 Å². The highest BCUT2D eigenvalue weighted by Gasteiger charge is 2.39. The third-order valence-corrected chi connectivity index (χ3v) is 4.04.